The fraction of sp³-hybridized carbons (Fsp3) is 0.769. The number of nitrogens with one attached hydrogen (secondary N) is 1. The van der Waals surface area contributed by atoms with Gasteiger partial charge in [0, 0.05) is 31.1 Å². The van der Waals surface area contributed by atoms with Gasteiger partial charge in [0.1, 0.15) is 0 Å². The van der Waals surface area contributed by atoms with Crippen LogP contribution in [0.25, 0.3) is 0 Å². The Morgan fingerprint density at radius 3 is 2.76 bits per heavy atom. The summed E-state index contributed by atoms with van der Waals surface area (Å²) in [5.74, 6) is 1.33. The largest absolute Gasteiger partial charge is 0.383 e. The van der Waals surface area contributed by atoms with Crippen LogP contribution in [-0.4, -0.2) is 31.8 Å². The number of methoxy groups -OCH3 is 1. The SMILES string of the molecule is COCCNCC(Cc1nc(C)cs1)C(C)C. The fourth-order valence-electron chi connectivity index (χ4n) is 1.73. The summed E-state index contributed by atoms with van der Waals surface area (Å²) in [7, 11) is 1.74. The van der Waals surface area contributed by atoms with Gasteiger partial charge in [0.25, 0.3) is 0 Å². The van der Waals surface area contributed by atoms with Gasteiger partial charge < -0.3 is 10.1 Å². The van der Waals surface area contributed by atoms with Gasteiger partial charge in [-0.15, -0.1) is 11.3 Å². The zero-order valence-corrected chi connectivity index (χ0v) is 12.1. The number of thiazole rings is 1. The quantitative estimate of drug-likeness (QED) is 0.726. The van der Waals surface area contributed by atoms with Crippen LogP contribution in [0.3, 0.4) is 0 Å². The molecule has 1 unspecified atom stereocenters. The maximum atomic E-state index is 5.03. The van der Waals surface area contributed by atoms with Crippen LogP contribution in [0.2, 0.25) is 0 Å². The molecule has 0 radical (unpaired) electrons. The van der Waals surface area contributed by atoms with Gasteiger partial charge in [-0.05, 0) is 25.3 Å². The molecule has 4 heteroatoms. The summed E-state index contributed by atoms with van der Waals surface area (Å²) in [6, 6.07) is 0. The Labute approximate surface area is 109 Å². The van der Waals surface area contributed by atoms with E-state index >= 15 is 0 Å². The van der Waals surface area contributed by atoms with E-state index in [1.165, 1.54) is 5.01 Å². The first-order chi connectivity index (χ1) is 8.13. The smallest absolute Gasteiger partial charge is 0.0931 e. The van der Waals surface area contributed by atoms with Gasteiger partial charge in [0.15, 0.2) is 0 Å². The van der Waals surface area contributed by atoms with E-state index in [2.05, 4.69) is 36.5 Å². The van der Waals surface area contributed by atoms with E-state index in [9.17, 15) is 0 Å². The molecule has 0 aliphatic heterocycles. The Balaban J connectivity index is 2.38. The van der Waals surface area contributed by atoms with Gasteiger partial charge in [0.2, 0.25) is 0 Å². The molecule has 0 saturated carbocycles. The molecule has 3 nitrogen and oxygen atoms in total. The zero-order valence-electron chi connectivity index (χ0n) is 11.3. The van der Waals surface area contributed by atoms with Gasteiger partial charge in [-0.25, -0.2) is 4.98 Å². The first kappa shape index (κ1) is 14.6. The van der Waals surface area contributed by atoms with Crippen LogP contribution in [0.1, 0.15) is 24.5 Å². The number of rotatable bonds is 8. The molecule has 1 atom stereocenters. The predicted octanol–water partition coefficient (Wildman–Crippen LogP) is 2.50. The Hall–Kier alpha value is -0.450. The number of aromatic nitrogens is 1. The molecule has 0 spiro atoms. The third-order valence-corrected chi connectivity index (χ3v) is 3.92. The van der Waals surface area contributed by atoms with Crippen molar-refractivity contribution in [3.63, 3.8) is 0 Å². The van der Waals surface area contributed by atoms with Crippen molar-refractivity contribution in [3.8, 4) is 0 Å². The molecule has 1 aromatic heterocycles. The third-order valence-electron chi connectivity index (χ3n) is 2.94. The second-order valence-corrected chi connectivity index (χ2v) is 5.73. The Morgan fingerprint density at radius 1 is 1.47 bits per heavy atom. The Bertz CT molecular complexity index is 312. The molecule has 17 heavy (non-hydrogen) atoms. The lowest BCUT2D eigenvalue weighted by Gasteiger charge is -2.20. The summed E-state index contributed by atoms with van der Waals surface area (Å²) in [5.41, 5.74) is 1.14. The molecular formula is C13H24N2OS. The predicted molar refractivity (Wildman–Crippen MR) is 73.6 cm³/mol. The van der Waals surface area contributed by atoms with E-state index in [-0.39, 0.29) is 0 Å². The van der Waals surface area contributed by atoms with Crippen LogP contribution in [-0.2, 0) is 11.2 Å². The van der Waals surface area contributed by atoms with Crippen molar-refractivity contribution in [2.24, 2.45) is 11.8 Å². The van der Waals surface area contributed by atoms with Crippen LogP contribution < -0.4 is 5.32 Å². The third kappa shape index (κ3) is 5.61. The van der Waals surface area contributed by atoms with Gasteiger partial charge in [-0.3, -0.25) is 0 Å². The number of hydrogen-bond donors (Lipinski definition) is 1. The van der Waals surface area contributed by atoms with Gasteiger partial charge >= 0.3 is 0 Å². The zero-order chi connectivity index (χ0) is 12.7. The molecular weight excluding hydrogens is 232 g/mol. The van der Waals surface area contributed by atoms with E-state index in [0.29, 0.717) is 11.8 Å². The van der Waals surface area contributed by atoms with E-state index in [1.807, 2.05) is 0 Å². The molecule has 0 fully saturated rings. The lowest BCUT2D eigenvalue weighted by Crippen LogP contribution is -2.30. The van der Waals surface area contributed by atoms with Crippen LogP contribution >= 0.6 is 11.3 Å². The lowest BCUT2D eigenvalue weighted by atomic mass is 9.93. The standard InChI is InChI=1S/C13H24N2OS/c1-10(2)12(8-14-5-6-16-4)7-13-15-11(3)9-17-13/h9-10,12,14H,5-8H2,1-4H3. The summed E-state index contributed by atoms with van der Waals surface area (Å²) >= 11 is 1.78. The second kappa shape index (κ2) is 7.80. The number of aryl methyl sites for hydroxylation is 1. The number of hydrogen-bond acceptors (Lipinski definition) is 4. The molecule has 0 saturated heterocycles. The molecule has 1 rings (SSSR count). The molecule has 0 bridgehead atoms. The molecule has 1 aromatic rings. The second-order valence-electron chi connectivity index (χ2n) is 4.79. The minimum atomic E-state index is 0.650. The van der Waals surface area contributed by atoms with Crippen LogP contribution in [0, 0.1) is 18.8 Å². The van der Waals surface area contributed by atoms with Crippen molar-refractivity contribution in [2.75, 3.05) is 26.8 Å². The molecule has 0 aromatic carbocycles. The maximum absolute atomic E-state index is 5.03. The van der Waals surface area contributed by atoms with Crippen molar-refractivity contribution in [3.05, 3.63) is 16.1 Å². The maximum Gasteiger partial charge on any atom is 0.0931 e. The highest BCUT2D eigenvalue weighted by atomic mass is 32.1. The molecule has 1 N–H and O–H groups in total. The highest BCUT2D eigenvalue weighted by Gasteiger charge is 2.15. The molecule has 1 heterocycles. The first-order valence-electron chi connectivity index (χ1n) is 6.24. The van der Waals surface area contributed by atoms with Gasteiger partial charge in [0.05, 0.1) is 11.6 Å². The lowest BCUT2D eigenvalue weighted by molar-refractivity contribution is 0.196. The van der Waals surface area contributed by atoms with E-state index in [0.717, 1.165) is 31.8 Å². The van der Waals surface area contributed by atoms with E-state index in [1.54, 1.807) is 18.4 Å². The van der Waals surface area contributed by atoms with Crippen molar-refractivity contribution in [1.82, 2.24) is 10.3 Å². The monoisotopic (exact) mass is 256 g/mol. The summed E-state index contributed by atoms with van der Waals surface area (Å²) < 4.78 is 5.03. The number of ether oxygens (including phenoxy) is 1. The Kier molecular flexibility index (Phi) is 6.70. The average molecular weight is 256 g/mol. The first-order valence-corrected chi connectivity index (χ1v) is 7.12. The van der Waals surface area contributed by atoms with Crippen molar-refractivity contribution in [2.45, 2.75) is 27.2 Å². The highest BCUT2D eigenvalue weighted by molar-refractivity contribution is 7.09. The summed E-state index contributed by atoms with van der Waals surface area (Å²) in [4.78, 5) is 4.54. The Morgan fingerprint density at radius 2 is 2.24 bits per heavy atom. The van der Waals surface area contributed by atoms with Crippen LogP contribution in [0.4, 0.5) is 0 Å². The average Bonchev–Trinajstić information content (AvgIpc) is 2.68. The number of nitrogens with zero attached hydrogens (tertiary/aromatic N) is 1. The topological polar surface area (TPSA) is 34.1 Å². The normalized spacial score (nSPS) is 13.2. The fourth-order valence-corrected chi connectivity index (χ4v) is 2.59. The van der Waals surface area contributed by atoms with Gasteiger partial charge in [-0.1, -0.05) is 13.8 Å². The minimum absolute atomic E-state index is 0.650. The molecule has 0 aliphatic carbocycles. The minimum Gasteiger partial charge on any atom is -0.383 e. The van der Waals surface area contributed by atoms with Crippen LogP contribution in [0.15, 0.2) is 5.38 Å². The summed E-state index contributed by atoms with van der Waals surface area (Å²) in [6.45, 7) is 9.37. The van der Waals surface area contributed by atoms with Crippen molar-refractivity contribution in [1.29, 1.82) is 0 Å². The van der Waals surface area contributed by atoms with Crippen molar-refractivity contribution >= 4 is 11.3 Å². The van der Waals surface area contributed by atoms with E-state index in [4.69, 9.17) is 4.74 Å². The summed E-state index contributed by atoms with van der Waals surface area (Å²) in [5, 5.41) is 6.84. The molecule has 0 amide bonds. The van der Waals surface area contributed by atoms with Crippen LogP contribution in [0.5, 0.6) is 0 Å². The summed E-state index contributed by atoms with van der Waals surface area (Å²) in [6.07, 6.45) is 1.08. The van der Waals surface area contributed by atoms with Crippen molar-refractivity contribution < 1.29 is 4.74 Å². The molecule has 0 aliphatic rings. The van der Waals surface area contributed by atoms with Gasteiger partial charge in [-0.2, -0.15) is 0 Å². The molecule has 98 valence electrons. The van der Waals surface area contributed by atoms with E-state index < -0.39 is 0 Å². The highest BCUT2D eigenvalue weighted by Crippen LogP contribution is 2.19.